The summed E-state index contributed by atoms with van der Waals surface area (Å²) in [6.45, 7) is 3.41. The highest BCUT2D eigenvalue weighted by atomic mass is 32.2. The van der Waals surface area contributed by atoms with Gasteiger partial charge in [-0.05, 0) is 36.8 Å². The van der Waals surface area contributed by atoms with Gasteiger partial charge in [-0.25, -0.2) is 0 Å². The number of ether oxygens (including phenoxy) is 1. The molecular weight excluding hydrogens is 346 g/mol. The Morgan fingerprint density at radius 3 is 3.08 bits per heavy atom. The second kappa shape index (κ2) is 9.59. The van der Waals surface area contributed by atoms with E-state index in [1.165, 1.54) is 0 Å². The van der Waals surface area contributed by atoms with Gasteiger partial charge in [-0.2, -0.15) is 11.8 Å². The Hall–Kier alpha value is -2.05. The van der Waals surface area contributed by atoms with E-state index >= 15 is 0 Å². The van der Waals surface area contributed by atoms with Crippen LogP contribution in [0.2, 0.25) is 0 Å². The topological polar surface area (TPSA) is 63.2 Å². The first-order valence-electron chi connectivity index (χ1n) is 8.94. The molecule has 0 saturated carbocycles. The Bertz CT molecular complexity index is 705. The van der Waals surface area contributed by atoms with Crippen molar-refractivity contribution in [2.75, 3.05) is 18.1 Å². The fourth-order valence-electron chi connectivity index (χ4n) is 2.87. The van der Waals surface area contributed by atoms with Crippen LogP contribution in [0.3, 0.4) is 0 Å². The highest BCUT2D eigenvalue weighted by Gasteiger charge is 2.18. The van der Waals surface area contributed by atoms with Crippen LogP contribution >= 0.6 is 11.8 Å². The van der Waals surface area contributed by atoms with E-state index in [9.17, 15) is 4.79 Å². The first kappa shape index (κ1) is 18.7. The molecule has 1 saturated heterocycles. The van der Waals surface area contributed by atoms with Crippen molar-refractivity contribution in [3.8, 4) is 5.75 Å². The molecule has 0 aliphatic carbocycles. The second-order valence-electron chi connectivity index (χ2n) is 6.40. The standard InChI is InChI=1S/C20H25N3O2S/c1-15(23-20(24)12-18-14-26-10-9-22-18)16-5-4-7-19(11-16)25-13-17-6-2-3-8-21-17/h2-8,11,15,18,22H,9-10,12-14H2,1H3,(H,23,24). The summed E-state index contributed by atoms with van der Waals surface area (Å²) >= 11 is 1.90. The predicted octanol–water partition coefficient (Wildman–Crippen LogP) is 2.93. The highest BCUT2D eigenvalue weighted by Crippen LogP contribution is 2.20. The molecule has 2 atom stereocenters. The molecule has 5 nitrogen and oxygen atoms in total. The fraction of sp³-hybridized carbons (Fsp3) is 0.400. The third-order valence-electron chi connectivity index (χ3n) is 4.28. The molecule has 2 heterocycles. The third-order valence-corrected chi connectivity index (χ3v) is 5.41. The lowest BCUT2D eigenvalue weighted by Gasteiger charge is -2.23. The molecule has 2 N–H and O–H groups in total. The number of nitrogens with zero attached hydrogens (tertiary/aromatic N) is 1. The van der Waals surface area contributed by atoms with E-state index in [0.717, 1.165) is 35.1 Å². The van der Waals surface area contributed by atoms with Crippen molar-refractivity contribution in [2.24, 2.45) is 0 Å². The number of carbonyl (C=O) groups is 1. The van der Waals surface area contributed by atoms with Gasteiger partial charge in [-0.3, -0.25) is 9.78 Å². The summed E-state index contributed by atoms with van der Waals surface area (Å²) < 4.78 is 5.82. The Morgan fingerprint density at radius 2 is 2.31 bits per heavy atom. The number of carbonyl (C=O) groups excluding carboxylic acids is 1. The zero-order chi connectivity index (χ0) is 18.2. The van der Waals surface area contributed by atoms with Gasteiger partial charge in [-0.1, -0.05) is 18.2 Å². The lowest BCUT2D eigenvalue weighted by molar-refractivity contribution is -0.122. The van der Waals surface area contributed by atoms with Crippen LogP contribution in [0.25, 0.3) is 0 Å². The minimum absolute atomic E-state index is 0.0582. The van der Waals surface area contributed by atoms with Crippen molar-refractivity contribution in [3.05, 3.63) is 59.9 Å². The normalized spacial score (nSPS) is 18.1. The summed E-state index contributed by atoms with van der Waals surface area (Å²) in [4.78, 5) is 16.5. The van der Waals surface area contributed by atoms with Crippen molar-refractivity contribution in [1.29, 1.82) is 0 Å². The highest BCUT2D eigenvalue weighted by molar-refractivity contribution is 7.99. The van der Waals surface area contributed by atoms with Crippen LogP contribution in [-0.4, -0.2) is 35.0 Å². The third kappa shape index (κ3) is 5.75. The summed E-state index contributed by atoms with van der Waals surface area (Å²) in [5.41, 5.74) is 1.92. The van der Waals surface area contributed by atoms with Crippen molar-refractivity contribution in [3.63, 3.8) is 0 Å². The molecular formula is C20H25N3O2S. The van der Waals surface area contributed by atoms with E-state index in [0.29, 0.717) is 13.0 Å². The molecule has 26 heavy (non-hydrogen) atoms. The molecule has 3 rings (SSSR count). The maximum atomic E-state index is 12.3. The molecule has 0 radical (unpaired) electrons. The average molecular weight is 372 g/mol. The SMILES string of the molecule is CC(NC(=O)CC1CSCCN1)c1cccc(OCc2ccccn2)c1. The van der Waals surface area contributed by atoms with E-state index in [2.05, 4.69) is 15.6 Å². The number of rotatable bonds is 7. The van der Waals surface area contributed by atoms with Crippen molar-refractivity contribution in [1.82, 2.24) is 15.6 Å². The molecule has 6 heteroatoms. The van der Waals surface area contributed by atoms with Gasteiger partial charge < -0.3 is 15.4 Å². The maximum absolute atomic E-state index is 12.3. The van der Waals surface area contributed by atoms with Crippen LogP contribution in [0.1, 0.15) is 30.6 Å². The van der Waals surface area contributed by atoms with Gasteiger partial charge in [0.05, 0.1) is 11.7 Å². The fourth-order valence-corrected chi connectivity index (χ4v) is 3.82. The molecule has 1 aromatic carbocycles. The number of hydrogen-bond donors (Lipinski definition) is 2. The van der Waals surface area contributed by atoms with Gasteiger partial charge in [0.1, 0.15) is 12.4 Å². The van der Waals surface area contributed by atoms with E-state index in [1.807, 2.05) is 61.2 Å². The Kier molecular flexibility index (Phi) is 6.91. The molecule has 1 aliphatic rings. The monoisotopic (exact) mass is 371 g/mol. The van der Waals surface area contributed by atoms with E-state index < -0.39 is 0 Å². The Labute approximate surface area is 158 Å². The number of amides is 1. The van der Waals surface area contributed by atoms with Crippen LogP contribution in [0, 0.1) is 0 Å². The molecule has 1 amide bonds. The first-order valence-corrected chi connectivity index (χ1v) is 10.1. The van der Waals surface area contributed by atoms with E-state index in [-0.39, 0.29) is 18.0 Å². The molecule has 2 unspecified atom stereocenters. The second-order valence-corrected chi connectivity index (χ2v) is 7.55. The smallest absolute Gasteiger partial charge is 0.222 e. The quantitative estimate of drug-likeness (QED) is 0.784. The zero-order valence-corrected chi connectivity index (χ0v) is 15.8. The first-order chi connectivity index (χ1) is 12.7. The maximum Gasteiger partial charge on any atom is 0.222 e. The van der Waals surface area contributed by atoms with Gasteiger partial charge in [0.25, 0.3) is 0 Å². The van der Waals surface area contributed by atoms with Gasteiger partial charge in [0, 0.05) is 36.7 Å². The van der Waals surface area contributed by atoms with E-state index in [1.54, 1.807) is 6.20 Å². The summed E-state index contributed by atoms with van der Waals surface area (Å²) in [6.07, 6.45) is 2.28. The summed E-state index contributed by atoms with van der Waals surface area (Å²) in [5.74, 6) is 2.98. The zero-order valence-electron chi connectivity index (χ0n) is 15.0. The number of aromatic nitrogens is 1. The van der Waals surface area contributed by atoms with E-state index in [4.69, 9.17) is 4.74 Å². The number of benzene rings is 1. The van der Waals surface area contributed by atoms with Crippen LogP contribution in [-0.2, 0) is 11.4 Å². The van der Waals surface area contributed by atoms with Crippen LogP contribution in [0.5, 0.6) is 5.75 Å². The van der Waals surface area contributed by atoms with Crippen molar-refractivity contribution in [2.45, 2.75) is 32.0 Å². The van der Waals surface area contributed by atoms with Crippen molar-refractivity contribution < 1.29 is 9.53 Å². The average Bonchev–Trinajstić information content (AvgIpc) is 2.68. The number of thioether (sulfide) groups is 1. The Morgan fingerprint density at radius 1 is 1.38 bits per heavy atom. The summed E-state index contributed by atoms with van der Waals surface area (Å²) in [7, 11) is 0. The van der Waals surface area contributed by atoms with Gasteiger partial charge in [0.2, 0.25) is 5.91 Å². The molecule has 2 aromatic rings. The molecule has 1 aliphatic heterocycles. The summed E-state index contributed by atoms with van der Waals surface area (Å²) in [6, 6.07) is 13.8. The summed E-state index contributed by atoms with van der Waals surface area (Å²) in [5, 5.41) is 6.49. The van der Waals surface area contributed by atoms with Gasteiger partial charge in [0.15, 0.2) is 0 Å². The lowest BCUT2D eigenvalue weighted by Crippen LogP contribution is -2.41. The number of hydrogen-bond acceptors (Lipinski definition) is 5. The van der Waals surface area contributed by atoms with Crippen LogP contribution in [0.15, 0.2) is 48.7 Å². The minimum Gasteiger partial charge on any atom is -0.487 e. The number of pyridine rings is 1. The lowest BCUT2D eigenvalue weighted by atomic mass is 10.1. The molecule has 138 valence electrons. The van der Waals surface area contributed by atoms with Gasteiger partial charge in [-0.15, -0.1) is 0 Å². The minimum atomic E-state index is -0.0582. The molecule has 0 spiro atoms. The number of nitrogens with one attached hydrogen (secondary N) is 2. The van der Waals surface area contributed by atoms with Crippen LogP contribution < -0.4 is 15.4 Å². The predicted molar refractivity (Wildman–Crippen MR) is 105 cm³/mol. The molecule has 1 fully saturated rings. The van der Waals surface area contributed by atoms with Crippen LogP contribution in [0.4, 0.5) is 0 Å². The van der Waals surface area contributed by atoms with Gasteiger partial charge >= 0.3 is 0 Å². The molecule has 0 bridgehead atoms. The Balaban J connectivity index is 1.52. The largest absolute Gasteiger partial charge is 0.487 e. The van der Waals surface area contributed by atoms with Crippen molar-refractivity contribution >= 4 is 17.7 Å². The molecule has 1 aromatic heterocycles.